The minimum absolute atomic E-state index is 0.0427. The summed E-state index contributed by atoms with van der Waals surface area (Å²) in [6.07, 6.45) is 0.0587. The molecule has 0 heterocycles. The number of ether oxygens (including phenoxy) is 1. The van der Waals surface area contributed by atoms with E-state index < -0.39 is 4.92 Å². The molecule has 0 radical (unpaired) electrons. The Morgan fingerprint density at radius 1 is 1.50 bits per heavy atom. The van der Waals surface area contributed by atoms with Crippen molar-refractivity contribution in [1.29, 1.82) is 0 Å². The average Bonchev–Trinajstić information content (AvgIpc) is 2.01. The van der Waals surface area contributed by atoms with Gasteiger partial charge in [0.05, 0.1) is 15.5 Å². The summed E-state index contributed by atoms with van der Waals surface area (Å²) >= 11 is 3.12. The highest BCUT2D eigenvalue weighted by Crippen LogP contribution is 2.29. The summed E-state index contributed by atoms with van der Waals surface area (Å²) < 4.78 is 5.81. The van der Waals surface area contributed by atoms with Crippen LogP contribution in [0.15, 0.2) is 22.7 Å². The van der Waals surface area contributed by atoms with Crippen LogP contribution in [0.4, 0.5) is 5.69 Å². The zero-order valence-corrected chi connectivity index (χ0v) is 9.45. The minimum Gasteiger partial charge on any atom is -0.491 e. The zero-order chi connectivity index (χ0) is 10.7. The lowest BCUT2D eigenvalue weighted by molar-refractivity contribution is -0.385. The molecule has 1 aromatic rings. The number of halogens is 1. The molecule has 4 nitrogen and oxygen atoms in total. The first-order chi connectivity index (χ1) is 6.50. The van der Waals surface area contributed by atoms with Gasteiger partial charge in [-0.15, -0.1) is 0 Å². The van der Waals surface area contributed by atoms with E-state index in [1.807, 2.05) is 13.8 Å². The van der Waals surface area contributed by atoms with Crippen molar-refractivity contribution >= 4 is 21.6 Å². The Morgan fingerprint density at radius 3 is 2.57 bits per heavy atom. The summed E-state index contributed by atoms with van der Waals surface area (Å²) in [6.45, 7) is 3.80. The van der Waals surface area contributed by atoms with Gasteiger partial charge in [-0.05, 0) is 35.8 Å². The molecule has 0 fully saturated rings. The van der Waals surface area contributed by atoms with Crippen molar-refractivity contribution in [1.82, 2.24) is 0 Å². The second-order valence-corrected chi connectivity index (χ2v) is 3.89. The number of rotatable bonds is 3. The lowest BCUT2D eigenvalue weighted by Crippen LogP contribution is -2.05. The lowest BCUT2D eigenvalue weighted by Gasteiger charge is -2.09. The van der Waals surface area contributed by atoms with Crippen LogP contribution >= 0.6 is 15.9 Å². The van der Waals surface area contributed by atoms with Crippen molar-refractivity contribution in [3.63, 3.8) is 0 Å². The predicted molar refractivity (Wildman–Crippen MR) is 56.6 cm³/mol. The maximum atomic E-state index is 10.5. The highest BCUT2D eigenvalue weighted by molar-refractivity contribution is 9.10. The first kappa shape index (κ1) is 11.0. The molecule has 0 aliphatic rings. The Kier molecular flexibility index (Phi) is 3.46. The van der Waals surface area contributed by atoms with Crippen LogP contribution in [0.1, 0.15) is 13.8 Å². The molecule has 5 heteroatoms. The van der Waals surface area contributed by atoms with Crippen molar-refractivity contribution < 1.29 is 9.66 Å². The standard InChI is InChI=1S/C9H10BrNO3/c1-6(2)14-7-3-4-9(11(12)13)8(10)5-7/h3-6H,1-2H3. The largest absolute Gasteiger partial charge is 0.491 e. The Labute approximate surface area is 90.2 Å². The molecule has 0 atom stereocenters. The fraction of sp³-hybridized carbons (Fsp3) is 0.333. The molecule has 0 aliphatic heterocycles. The molecule has 0 N–H and O–H groups in total. The molecule has 0 aromatic heterocycles. The number of nitrogens with zero attached hydrogens (tertiary/aromatic N) is 1. The first-order valence-corrected chi connectivity index (χ1v) is 4.90. The quantitative estimate of drug-likeness (QED) is 0.619. The first-order valence-electron chi connectivity index (χ1n) is 4.11. The summed E-state index contributed by atoms with van der Waals surface area (Å²) in [5.74, 6) is 0.623. The van der Waals surface area contributed by atoms with Crippen molar-refractivity contribution in [2.24, 2.45) is 0 Å². The van der Waals surface area contributed by atoms with Gasteiger partial charge >= 0.3 is 0 Å². The number of benzene rings is 1. The van der Waals surface area contributed by atoms with E-state index in [2.05, 4.69) is 15.9 Å². The van der Waals surface area contributed by atoms with E-state index in [9.17, 15) is 10.1 Å². The molecule has 1 rings (SSSR count). The molecule has 0 unspecified atom stereocenters. The maximum Gasteiger partial charge on any atom is 0.283 e. The smallest absolute Gasteiger partial charge is 0.283 e. The summed E-state index contributed by atoms with van der Waals surface area (Å²) in [5.41, 5.74) is 0.0427. The monoisotopic (exact) mass is 259 g/mol. The van der Waals surface area contributed by atoms with Crippen LogP contribution in [0.5, 0.6) is 5.75 Å². The second-order valence-electron chi connectivity index (χ2n) is 3.04. The Hall–Kier alpha value is -1.10. The van der Waals surface area contributed by atoms with Gasteiger partial charge in [0.1, 0.15) is 5.75 Å². The number of nitro benzene ring substituents is 1. The van der Waals surface area contributed by atoms with Gasteiger partial charge in [-0.2, -0.15) is 0 Å². The maximum absolute atomic E-state index is 10.5. The van der Waals surface area contributed by atoms with Crippen LogP contribution in [0.25, 0.3) is 0 Å². The van der Waals surface area contributed by atoms with Gasteiger partial charge in [-0.3, -0.25) is 10.1 Å². The molecular formula is C9H10BrNO3. The third-order valence-corrected chi connectivity index (χ3v) is 2.12. The molecule has 0 aliphatic carbocycles. The van der Waals surface area contributed by atoms with Gasteiger partial charge in [0.15, 0.2) is 0 Å². The van der Waals surface area contributed by atoms with Crippen LogP contribution in [0.2, 0.25) is 0 Å². The van der Waals surface area contributed by atoms with Gasteiger partial charge in [0.2, 0.25) is 0 Å². The van der Waals surface area contributed by atoms with E-state index in [1.165, 1.54) is 6.07 Å². The van der Waals surface area contributed by atoms with Gasteiger partial charge in [0.25, 0.3) is 5.69 Å². The van der Waals surface area contributed by atoms with Gasteiger partial charge in [-0.1, -0.05) is 0 Å². The van der Waals surface area contributed by atoms with Gasteiger partial charge < -0.3 is 4.74 Å². The van der Waals surface area contributed by atoms with Crippen molar-refractivity contribution in [3.8, 4) is 5.75 Å². The van der Waals surface area contributed by atoms with E-state index >= 15 is 0 Å². The van der Waals surface area contributed by atoms with Gasteiger partial charge in [0, 0.05) is 12.1 Å². The minimum atomic E-state index is -0.441. The predicted octanol–water partition coefficient (Wildman–Crippen LogP) is 3.14. The fourth-order valence-electron chi connectivity index (χ4n) is 0.981. The molecule has 1 aromatic carbocycles. The second kappa shape index (κ2) is 4.41. The van der Waals surface area contributed by atoms with Crippen LogP contribution in [-0.4, -0.2) is 11.0 Å². The SMILES string of the molecule is CC(C)Oc1ccc([N+](=O)[O-])c(Br)c1. The van der Waals surface area contributed by atoms with Gasteiger partial charge in [-0.25, -0.2) is 0 Å². The van der Waals surface area contributed by atoms with Crippen LogP contribution in [0.3, 0.4) is 0 Å². The van der Waals surface area contributed by atoms with E-state index in [0.29, 0.717) is 10.2 Å². The van der Waals surface area contributed by atoms with E-state index in [1.54, 1.807) is 12.1 Å². The summed E-state index contributed by atoms with van der Waals surface area (Å²) in [7, 11) is 0. The van der Waals surface area contributed by atoms with Crippen molar-refractivity contribution in [2.75, 3.05) is 0 Å². The van der Waals surface area contributed by atoms with Crippen molar-refractivity contribution in [3.05, 3.63) is 32.8 Å². The highest BCUT2D eigenvalue weighted by atomic mass is 79.9. The highest BCUT2D eigenvalue weighted by Gasteiger charge is 2.12. The number of hydrogen-bond acceptors (Lipinski definition) is 3. The van der Waals surface area contributed by atoms with E-state index in [0.717, 1.165) is 0 Å². The van der Waals surface area contributed by atoms with Crippen molar-refractivity contribution in [2.45, 2.75) is 20.0 Å². The molecule has 0 saturated carbocycles. The molecule has 0 spiro atoms. The van der Waals surface area contributed by atoms with Crippen LogP contribution in [-0.2, 0) is 0 Å². The van der Waals surface area contributed by atoms with E-state index in [4.69, 9.17) is 4.74 Å². The molecule has 14 heavy (non-hydrogen) atoms. The molecular weight excluding hydrogens is 250 g/mol. The Bertz CT molecular complexity index is 352. The Morgan fingerprint density at radius 2 is 2.14 bits per heavy atom. The van der Waals surface area contributed by atoms with Crippen LogP contribution < -0.4 is 4.74 Å². The molecule has 0 bridgehead atoms. The number of hydrogen-bond donors (Lipinski definition) is 0. The average molecular weight is 260 g/mol. The fourth-order valence-corrected chi connectivity index (χ4v) is 1.48. The Balaban J connectivity index is 2.94. The third-order valence-electron chi connectivity index (χ3n) is 1.49. The van der Waals surface area contributed by atoms with E-state index in [-0.39, 0.29) is 11.8 Å². The topological polar surface area (TPSA) is 52.4 Å². The zero-order valence-electron chi connectivity index (χ0n) is 7.86. The molecule has 76 valence electrons. The summed E-state index contributed by atoms with van der Waals surface area (Å²) in [6, 6.07) is 4.60. The summed E-state index contributed by atoms with van der Waals surface area (Å²) in [4.78, 5) is 10.0. The molecule has 0 amide bonds. The number of nitro groups is 1. The van der Waals surface area contributed by atoms with Crippen LogP contribution in [0, 0.1) is 10.1 Å². The lowest BCUT2D eigenvalue weighted by atomic mass is 10.3. The summed E-state index contributed by atoms with van der Waals surface area (Å²) in [5, 5.41) is 10.5. The molecule has 0 saturated heterocycles. The normalized spacial score (nSPS) is 10.3. The third kappa shape index (κ3) is 2.70.